The summed E-state index contributed by atoms with van der Waals surface area (Å²) in [5.41, 5.74) is 2.75. The van der Waals surface area contributed by atoms with Crippen molar-refractivity contribution < 1.29 is 19.7 Å². The normalized spacial score (nSPS) is 25.0. The molecule has 0 aromatic carbocycles. The molecule has 7 heteroatoms. The average Bonchev–Trinajstić information content (AvgIpc) is 2.75. The number of nitrogens with zero attached hydrogens (tertiary/aromatic N) is 3. The zero-order chi connectivity index (χ0) is 17.1. The van der Waals surface area contributed by atoms with Crippen LogP contribution in [-0.2, 0) is 16.6 Å². The Hall–Kier alpha value is -1.70. The lowest BCUT2D eigenvalue weighted by Gasteiger charge is -2.38. The average molecular weight is 323 g/mol. The summed E-state index contributed by atoms with van der Waals surface area (Å²) in [7, 11) is 1.86. The van der Waals surface area contributed by atoms with E-state index in [4.69, 9.17) is 4.74 Å². The molecule has 1 aliphatic heterocycles. The number of carbonyl (C=O) groups is 1. The number of ether oxygens (including phenoxy) is 1. The topological polar surface area (TPSA) is 87.8 Å². The van der Waals surface area contributed by atoms with Gasteiger partial charge in [-0.3, -0.25) is 9.48 Å². The summed E-state index contributed by atoms with van der Waals surface area (Å²) >= 11 is 0. The molecule has 1 aromatic heterocycles. The minimum absolute atomic E-state index is 0.0906. The first-order chi connectivity index (χ1) is 10.9. The third-order valence-electron chi connectivity index (χ3n) is 4.35. The van der Waals surface area contributed by atoms with Crippen LogP contribution in [0.3, 0.4) is 0 Å². The largest absolute Gasteiger partial charge is 0.388 e. The molecule has 0 unspecified atom stereocenters. The van der Waals surface area contributed by atoms with E-state index in [1.807, 2.05) is 27.8 Å². The molecule has 1 fully saturated rings. The minimum Gasteiger partial charge on any atom is -0.388 e. The SMILES string of the molecule is CCN(C(=O)/C=C/c1c(C)nn(C)c1C)[C@@H]1COC[C@@H](O)[C@H]1O. The number of hydrogen-bond donors (Lipinski definition) is 2. The van der Waals surface area contributed by atoms with Gasteiger partial charge in [-0.05, 0) is 26.8 Å². The lowest BCUT2D eigenvalue weighted by atomic mass is 10.0. The summed E-state index contributed by atoms with van der Waals surface area (Å²) in [4.78, 5) is 14.0. The first-order valence-corrected chi connectivity index (χ1v) is 7.79. The molecule has 0 bridgehead atoms. The molecular weight excluding hydrogens is 298 g/mol. The fraction of sp³-hybridized carbons (Fsp3) is 0.625. The van der Waals surface area contributed by atoms with Crippen molar-refractivity contribution in [2.24, 2.45) is 7.05 Å². The molecule has 0 saturated carbocycles. The Morgan fingerprint density at radius 2 is 2.13 bits per heavy atom. The van der Waals surface area contributed by atoms with E-state index in [1.54, 1.807) is 10.8 Å². The predicted molar refractivity (Wildman–Crippen MR) is 85.7 cm³/mol. The number of aromatic nitrogens is 2. The Balaban J connectivity index is 2.15. The van der Waals surface area contributed by atoms with Crippen molar-refractivity contribution in [3.63, 3.8) is 0 Å². The molecule has 1 aromatic rings. The highest BCUT2D eigenvalue weighted by Crippen LogP contribution is 2.17. The summed E-state index contributed by atoms with van der Waals surface area (Å²) in [5, 5.41) is 24.1. The number of aryl methyl sites for hydroxylation is 2. The predicted octanol–water partition coefficient (Wildman–Crippen LogP) is 0.0192. The lowest BCUT2D eigenvalue weighted by molar-refractivity contribution is -0.151. The van der Waals surface area contributed by atoms with Crippen LogP contribution in [0, 0.1) is 13.8 Å². The van der Waals surface area contributed by atoms with Gasteiger partial charge in [0.15, 0.2) is 0 Å². The Morgan fingerprint density at radius 3 is 2.70 bits per heavy atom. The molecule has 2 rings (SSSR count). The van der Waals surface area contributed by atoms with Crippen molar-refractivity contribution in [3.8, 4) is 0 Å². The van der Waals surface area contributed by atoms with E-state index in [0.29, 0.717) is 6.54 Å². The molecule has 7 nitrogen and oxygen atoms in total. The first-order valence-electron chi connectivity index (χ1n) is 7.79. The summed E-state index contributed by atoms with van der Waals surface area (Å²) in [6.07, 6.45) is 1.26. The van der Waals surface area contributed by atoms with E-state index < -0.39 is 18.2 Å². The molecule has 0 aliphatic carbocycles. The Bertz CT molecular complexity index is 596. The second kappa shape index (κ2) is 7.25. The Morgan fingerprint density at radius 1 is 1.43 bits per heavy atom. The molecule has 2 N–H and O–H groups in total. The summed E-state index contributed by atoms with van der Waals surface area (Å²) in [6.45, 7) is 6.40. The highest BCUT2D eigenvalue weighted by atomic mass is 16.5. The second-order valence-electron chi connectivity index (χ2n) is 5.83. The van der Waals surface area contributed by atoms with Crippen molar-refractivity contribution in [1.82, 2.24) is 14.7 Å². The second-order valence-corrected chi connectivity index (χ2v) is 5.83. The van der Waals surface area contributed by atoms with Gasteiger partial charge >= 0.3 is 0 Å². The highest BCUT2D eigenvalue weighted by Gasteiger charge is 2.36. The van der Waals surface area contributed by atoms with E-state index in [9.17, 15) is 15.0 Å². The number of aliphatic hydroxyl groups excluding tert-OH is 2. The van der Waals surface area contributed by atoms with Gasteiger partial charge in [-0.25, -0.2) is 0 Å². The van der Waals surface area contributed by atoms with Crippen LogP contribution in [0.5, 0.6) is 0 Å². The fourth-order valence-electron chi connectivity index (χ4n) is 2.87. The van der Waals surface area contributed by atoms with Gasteiger partial charge in [0.2, 0.25) is 5.91 Å². The third-order valence-corrected chi connectivity index (χ3v) is 4.35. The van der Waals surface area contributed by atoms with Crippen LogP contribution in [0.4, 0.5) is 0 Å². The molecule has 1 aliphatic rings. The Kier molecular flexibility index (Phi) is 5.56. The third kappa shape index (κ3) is 3.63. The highest BCUT2D eigenvalue weighted by molar-refractivity contribution is 5.92. The molecule has 1 amide bonds. The standard InChI is InChI=1S/C16H25N3O4/c1-5-19(13-8-23-9-14(20)16(13)22)15(21)7-6-12-10(2)17-18(4)11(12)3/h6-7,13-14,16,20,22H,5,8-9H2,1-4H3/b7-6+/t13-,14-,16+/m1/s1. The van der Waals surface area contributed by atoms with Crippen LogP contribution in [-0.4, -0.2) is 68.8 Å². The van der Waals surface area contributed by atoms with Crippen LogP contribution in [0.2, 0.25) is 0 Å². The molecule has 128 valence electrons. The maximum absolute atomic E-state index is 12.5. The van der Waals surface area contributed by atoms with E-state index in [0.717, 1.165) is 17.0 Å². The van der Waals surface area contributed by atoms with E-state index in [-0.39, 0.29) is 19.1 Å². The molecule has 0 radical (unpaired) electrons. The van der Waals surface area contributed by atoms with E-state index in [1.165, 1.54) is 11.0 Å². The van der Waals surface area contributed by atoms with Gasteiger partial charge in [0.1, 0.15) is 12.2 Å². The minimum atomic E-state index is -0.997. The first kappa shape index (κ1) is 17.7. The lowest BCUT2D eigenvalue weighted by Crippen LogP contribution is -2.57. The number of likely N-dealkylation sites (N-methyl/N-ethyl adjacent to an activating group) is 1. The van der Waals surface area contributed by atoms with E-state index >= 15 is 0 Å². The van der Waals surface area contributed by atoms with Crippen molar-refractivity contribution in [1.29, 1.82) is 0 Å². The molecule has 23 heavy (non-hydrogen) atoms. The van der Waals surface area contributed by atoms with Crippen molar-refractivity contribution in [2.75, 3.05) is 19.8 Å². The number of hydrogen-bond acceptors (Lipinski definition) is 5. The maximum Gasteiger partial charge on any atom is 0.246 e. The zero-order valence-electron chi connectivity index (χ0n) is 14.1. The quantitative estimate of drug-likeness (QED) is 0.763. The van der Waals surface area contributed by atoms with Crippen LogP contribution >= 0.6 is 0 Å². The molecule has 3 atom stereocenters. The monoisotopic (exact) mass is 323 g/mol. The molecule has 0 spiro atoms. The summed E-state index contributed by atoms with van der Waals surface area (Å²) in [5.74, 6) is -0.225. The zero-order valence-corrected chi connectivity index (χ0v) is 14.1. The van der Waals surface area contributed by atoms with Gasteiger partial charge in [0.05, 0.1) is 24.9 Å². The van der Waals surface area contributed by atoms with Crippen LogP contribution in [0.25, 0.3) is 6.08 Å². The number of amides is 1. The number of rotatable bonds is 4. The van der Waals surface area contributed by atoms with Gasteiger partial charge in [-0.15, -0.1) is 0 Å². The van der Waals surface area contributed by atoms with Crippen LogP contribution < -0.4 is 0 Å². The van der Waals surface area contributed by atoms with Crippen molar-refractivity contribution in [2.45, 2.75) is 39.0 Å². The molecule has 2 heterocycles. The van der Waals surface area contributed by atoms with Gasteiger partial charge in [0.25, 0.3) is 0 Å². The number of carbonyl (C=O) groups excluding carboxylic acids is 1. The smallest absolute Gasteiger partial charge is 0.246 e. The van der Waals surface area contributed by atoms with Crippen molar-refractivity contribution >= 4 is 12.0 Å². The van der Waals surface area contributed by atoms with Crippen LogP contribution in [0.1, 0.15) is 23.9 Å². The number of aliphatic hydroxyl groups is 2. The van der Waals surface area contributed by atoms with Gasteiger partial charge in [0, 0.05) is 30.9 Å². The van der Waals surface area contributed by atoms with Gasteiger partial charge in [-0.2, -0.15) is 5.10 Å². The van der Waals surface area contributed by atoms with Crippen LogP contribution in [0.15, 0.2) is 6.08 Å². The molecule has 1 saturated heterocycles. The Labute approximate surface area is 136 Å². The van der Waals surface area contributed by atoms with E-state index in [2.05, 4.69) is 5.10 Å². The maximum atomic E-state index is 12.5. The van der Waals surface area contributed by atoms with Gasteiger partial charge in [-0.1, -0.05) is 0 Å². The summed E-state index contributed by atoms with van der Waals surface area (Å²) < 4.78 is 7.03. The summed E-state index contributed by atoms with van der Waals surface area (Å²) in [6, 6.07) is -0.544. The van der Waals surface area contributed by atoms with Gasteiger partial charge < -0.3 is 19.8 Å². The van der Waals surface area contributed by atoms with Crippen molar-refractivity contribution in [3.05, 3.63) is 23.0 Å². The molecular formula is C16H25N3O4. The fourth-order valence-corrected chi connectivity index (χ4v) is 2.87.